The third-order valence-corrected chi connectivity index (χ3v) is 5.80. The summed E-state index contributed by atoms with van der Waals surface area (Å²) in [6.07, 6.45) is 2.99. The van der Waals surface area contributed by atoms with Crippen LogP contribution in [0.15, 0.2) is 46.9 Å². The van der Waals surface area contributed by atoms with E-state index in [1.165, 1.54) is 16.9 Å². The Kier molecular flexibility index (Phi) is 5.34. The van der Waals surface area contributed by atoms with E-state index in [2.05, 4.69) is 21.6 Å². The second-order valence-corrected chi connectivity index (χ2v) is 7.87. The van der Waals surface area contributed by atoms with Gasteiger partial charge in [-0.25, -0.2) is 4.98 Å². The van der Waals surface area contributed by atoms with Gasteiger partial charge in [0, 0.05) is 27.1 Å². The Morgan fingerprint density at radius 3 is 2.85 bits per heavy atom. The predicted octanol–water partition coefficient (Wildman–Crippen LogP) is 6.28. The average Bonchev–Trinajstić information content (AvgIpc) is 3.14. The number of nitrogens with zero attached hydrogens (tertiary/aromatic N) is 2. The minimum Gasteiger partial charge on any atom is -0.496 e. The summed E-state index contributed by atoms with van der Waals surface area (Å²) in [5.41, 5.74) is 8.14. The van der Waals surface area contributed by atoms with E-state index in [9.17, 15) is 0 Å². The summed E-state index contributed by atoms with van der Waals surface area (Å²) in [4.78, 5) is 4.59. The van der Waals surface area contributed by atoms with Gasteiger partial charge in [-0.1, -0.05) is 35.3 Å². The first kappa shape index (κ1) is 18.3. The van der Waals surface area contributed by atoms with Crippen LogP contribution in [0, 0.1) is 0 Å². The van der Waals surface area contributed by atoms with Gasteiger partial charge in [0.15, 0.2) is 0 Å². The number of rotatable bonds is 4. The molecule has 0 fully saturated rings. The number of fused-ring (bicyclic) bond motifs is 1. The highest BCUT2D eigenvalue weighted by atomic mass is 35.5. The van der Waals surface area contributed by atoms with Crippen molar-refractivity contribution in [1.29, 1.82) is 0 Å². The molecule has 2 aromatic carbocycles. The smallest absolute Gasteiger partial charge is 0.203 e. The van der Waals surface area contributed by atoms with Crippen molar-refractivity contribution in [2.24, 2.45) is 5.10 Å². The topological polar surface area (TPSA) is 46.5 Å². The van der Waals surface area contributed by atoms with Crippen molar-refractivity contribution in [2.75, 3.05) is 12.5 Å². The van der Waals surface area contributed by atoms with Gasteiger partial charge in [-0.2, -0.15) is 5.10 Å². The molecule has 4 nitrogen and oxygen atoms in total. The predicted molar refractivity (Wildman–Crippen MR) is 114 cm³/mol. The SMILES string of the molecule is COc1cccc2c1CCC/C2=N\Nc1nc(-c2ccc(Cl)cc2Cl)cs1. The molecule has 3 aromatic rings. The fourth-order valence-corrected chi connectivity index (χ4v) is 4.39. The van der Waals surface area contributed by atoms with Crippen LogP contribution in [-0.4, -0.2) is 17.8 Å². The van der Waals surface area contributed by atoms with Crippen LogP contribution in [0.25, 0.3) is 11.3 Å². The first-order valence-corrected chi connectivity index (χ1v) is 10.2. The molecule has 0 radical (unpaired) electrons. The van der Waals surface area contributed by atoms with E-state index in [1.54, 1.807) is 13.2 Å². The zero-order chi connectivity index (χ0) is 18.8. The Balaban J connectivity index is 1.58. The van der Waals surface area contributed by atoms with Gasteiger partial charge in [-0.15, -0.1) is 11.3 Å². The highest BCUT2D eigenvalue weighted by Crippen LogP contribution is 2.33. The van der Waals surface area contributed by atoms with Crippen molar-refractivity contribution in [3.63, 3.8) is 0 Å². The number of ether oxygens (including phenoxy) is 1. The molecule has 7 heteroatoms. The number of methoxy groups -OCH3 is 1. The fourth-order valence-electron chi connectivity index (χ4n) is 3.23. The molecule has 1 aliphatic carbocycles. The summed E-state index contributed by atoms with van der Waals surface area (Å²) < 4.78 is 5.49. The van der Waals surface area contributed by atoms with Crippen molar-refractivity contribution < 1.29 is 4.74 Å². The molecule has 1 aliphatic rings. The summed E-state index contributed by atoms with van der Waals surface area (Å²) in [6.45, 7) is 0. The number of hydrazone groups is 1. The molecular formula is C20H17Cl2N3OS. The molecule has 1 N–H and O–H groups in total. The van der Waals surface area contributed by atoms with Crippen LogP contribution in [0.3, 0.4) is 0 Å². The van der Waals surface area contributed by atoms with Crippen molar-refractivity contribution in [3.8, 4) is 17.0 Å². The van der Waals surface area contributed by atoms with E-state index in [4.69, 9.17) is 27.9 Å². The van der Waals surface area contributed by atoms with Crippen LogP contribution < -0.4 is 10.2 Å². The Labute approximate surface area is 171 Å². The highest BCUT2D eigenvalue weighted by molar-refractivity contribution is 7.14. The molecule has 0 unspecified atom stereocenters. The molecule has 0 saturated carbocycles. The minimum atomic E-state index is 0.582. The zero-order valence-corrected chi connectivity index (χ0v) is 17.0. The molecule has 0 saturated heterocycles. The average molecular weight is 418 g/mol. The lowest BCUT2D eigenvalue weighted by Gasteiger charge is -2.20. The third-order valence-electron chi connectivity index (χ3n) is 4.50. The first-order chi connectivity index (χ1) is 13.2. The lowest BCUT2D eigenvalue weighted by Crippen LogP contribution is -2.14. The summed E-state index contributed by atoms with van der Waals surface area (Å²) in [5, 5.41) is 8.48. The van der Waals surface area contributed by atoms with E-state index in [-0.39, 0.29) is 0 Å². The number of thiazole rings is 1. The van der Waals surface area contributed by atoms with Gasteiger partial charge in [0.2, 0.25) is 5.13 Å². The van der Waals surface area contributed by atoms with E-state index < -0.39 is 0 Å². The molecule has 0 spiro atoms. The molecule has 0 atom stereocenters. The maximum atomic E-state index is 6.28. The van der Waals surface area contributed by atoms with E-state index >= 15 is 0 Å². The van der Waals surface area contributed by atoms with E-state index in [0.29, 0.717) is 10.0 Å². The number of nitrogens with one attached hydrogen (secondary N) is 1. The zero-order valence-electron chi connectivity index (χ0n) is 14.6. The van der Waals surface area contributed by atoms with Crippen molar-refractivity contribution in [1.82, 2.24) is 4.98 Å². The molecule has 138 valence electrons. The maximum absolute atomic E-state index is 6.28. The largest absolute Gasteiger partial charge is 0.496 e. The highest BCUT2D eigenvalue weighted by Gasteiger charge is 2.19. The quantitative estimate of drug-likeness (QED) is 0.508. The van der Waals surface area contributed by atoms with Gasteiger partial charge in [0.1, 0.15) is 5.75 Å². The molecule has 1 heterocycles. The molecule has 0 amide bonds. The summed E-state index contributed by atoms with van der Waals surface area (Å²) in [6, 6.07) is 11.5. The number of halogens is 2. The molecule has 0 bridgehead atoms. The van der Waals surface area contributed by atoms with Gasteiger partial charge in [-0.3, -0.25) is 5.43 Å². The number of benzene rings is 2. The Morgan fingerprint density at radius 2 is 2.04 bits per heavy atom. The van der Waals surface area contributed by atoms with Gasteiger partial charge < -0.3 is 4.74 Å². The molecule has 4 rings (SSSR count). The van der Waals surface area contributed by atoms with Crippen LogP contribution in [0.1, 0.15) is 24.0 Å². The standard InChI is InChI=1S/C20H17Cl2N3OS/c1-26-19-7-3-4-13-14(19)5-2-6-17(13)24-25-20-23-18(11-27-20)15-9-8-12(21)10-16(15)22/h3-4,7-11H,2,5-6H2,1H3,(H,23,25)/b24-17+. The van der Waals surface area contributed by atoms with Crippen LogP contribution in [0.5, 0.6) is 5.75 Å². The van der Waals surface area contributed by atoms with E-state index in [0.717, 1.165) is 52.7 Å². The van der Waals surface area contributed by atoms with Gasteiger partial charge >= 0.3 is 0 Å². The minimum absolute atomic E-state index is 0.582. The van der Waals surface area contributed by atoms with Crippen LogP contribution in [-0.2, 0) is 6.42 Å². The number of hydrogen-bond donors (Lipinski definition) is 1. The molecule has 1 aromatic heterocycles. The molecule has 0 aliphatic heterocycles. The van der Waals surface area contributed by atoms with Gasteiger partial charge in [0.25, 0.3) is 0 Å². The van der Waals surface area contributed by atoms with Gasteiger partial charge in [0.05, 0.1) is 23.5 Å². The molecule has 27 heavy (non-hydrogen) atoms. The lowest BCUT2D eigenvalue weighted by atomic mass is 9.89. The van der Waals surface area contributed by atoms with Crippen LogP contribution in [0.4, 0.5) is 5.13 Å². The second-order valence-electron chi connectivity index (χ2n) is 6.17. The van der Waals surface area contributed by atoms with Crippen molar-refractivity contribution in [3.05, 3.63) is 63.0 Å². The van der Waals surface area contributed by atoms with Crippen molar-refractivity contribution in [2.45, 2.75) is 19.3 Å². The Hall–Kier alpha value is -2.08. The maximum Gasteiger partial charge on any atom is 0.203 e. The second kappa shape index (κ2) is 7.89. The van der Waals surface area contributed by atoms with E-state index in [1.807, 2.05) is 29.6 Å². The number of anilines is 1. The summed E-state index contributed by atoms with van der Waals surface area (Å²) in [5.74, 6) is 0.925. The summed E-state index contributed by atoms with van der Waals surface area (Å²) >= 11 is 13.7. The van der Waals surface area contributed by atoms with Gasteiger partial charge in [-0.05, 0) is 43.5 Å². The first-order valence-electron chi connectivity index (χ1n) is 8.55. The van der Waals surface area contributed by atoms with Crippen LogP contribution in [0.2, 0.25) is 10.0 Å². The fraction of sp³-hybridized carbons (Fsp3) is 0.200. The van der Waals surface area contributed by atoms with Crippen LogP contribution >= 0.6 is 34.5 Å². The third kappa shape index (κ3) is 3.81. The Bertz CT molecular complexity index is 1020. The number of hydrogen-bond acceptors (Lipinski definition) is 5. The number of aromatic nitrogens is 1. The lowest BCUT2D eigenvalue weighted by molar-refractivity contribution is 0.408. The van der Waals surface area contributed by atoms with Crippen molar-refractivity contribution >= 4 is 45.4 Å². The molecular weight excluding hydrogens is 401 g/mol. The Morgan fingerprint density at radius 1 is 1.15 bits per heavy atom. The monoisotopic (exact) mass is 417 g/mol. The summed E-state index contributed by atoms with van der Waals surface area (Å²) in [7, 11) is 1.71. The normalized spacial score (nSPS) is 14.9.